The van der Waals surface area contributed by atoms with Crippen molar-refractivity contribution in [2.75, 3.05) is 38.2 Å². The molecule has 0 spiro atoms. The van der Waals surface area contributed by atoms with Crippen LogP contribution in [0.3, 0.4) is 0 Å². The first-order valence-electron chi connectivity index (χ1n) is 12.1. The summed E-state index contributed by atoms with van der Waals surface area (Å²) in [6, 6.07) is 14.5. The maximum absolute atomic E-state index is 11.7. The Morgan fingerprint density at radius 2 is 1.48 bits per heavy atom. The molecule has 0 bridgehead atoms. The molecule has 0 aromatic heterocycles. The molecule has 0 aliphatic carbocycles. The molecule has 0 N–H and O–H groups in total. The first-order chi connectivity index (χ1) is 16.0. The second-order valence-electron chi connectivity index (χ2n) is 7.98. The Labute approximate surface area is 209 Å². The van der Waals surface area contributed by atoms with Gasteiger partial charge in [-0.25, -0.2) is 0 Å². The summed E-state index contributed by atoms with van der Waals surface area (Å²) in [4.78, 5) is 16.4. The fourth-order valence-corrected chi connectivity index (χ4v) is 5.04. The van der Waals surface area contributed by atoms with E-state index in [0.29, 0.717) is 5.92 Å². The number of hydrogen-bond acceptors (Lipinski definition) is 4. The van der Waals surface area contributed by atoms with Gasteiger partial charge in [0.1, 0.15) is 0 Å². The van der Waals surface area contributed by atoms with Gasteiger partial charge in [0, 0.05) is 41.3 Å². The van der Waals surface area contributed by atoms with Crippen LogP contribution in [0.2, 0.25) is 10.0 Å². The molecule has 2 aliphatic heterocycles. The number of nitrogens with zero attached hydrogens (tertiary/aromatic N) is 2. The van der Waals surface area contributed by atoms with Gasteiger partial charge in [-0.05, 0) is 61.3 Å². The predicted molar refractivity (Wildman–Crippen MR) is 141 cm³/mol. The van der Waals surface area contributed by atoms with Crippen LogP contribution in [0.5, 0.6) is 0 Å². The Morgan fingerprint density at radius 1 is 0.939 bits per heavy atom. The van der Waals surface area contributed by atoms with Crippen LogP contribution in [0, 0.1) is 5.92 Å². The van der Waals surface area contributed by atoms with E-state index >= 15 is 0 Å². The topological polar surface area (TPSA) is 32.8 Å². The number of carbonyl (C=O) groups excluding carboxylic acids is 1. The Hall–Kier alpha value is -1.75. The van der Waals surface area contributed by atoms with Crippen molar-refractivity contribution in [3.05, 3.63) is 63.6 Å². The SMILES string of the molecule is CC.CC.COC(=O)C1CCN(Cc2ccc(N3CC(c4c(Cl)cccc4Cl)C3)cc2)CC1. The zero-order valence-electron chi connectivity index (χ0n) is 20.6. The highest BCUT2D eigenvalue weighted by atomic mass is 35.5. The van der Waals surface area contributed by atoms with Gasteiger partial charge in [0.05, 0.1) is 13.0 Å². The van der Waals surface area contributed by atoms with Crippen molar-refractivity contribution in [1.29, 1.82) is 0 Å². The lowest BCUT2D eigenvalue weighted by Gasteiger charge is -2.42. The molecule has 2 heterocycles. The van der Waals surface area contributed by atoms with Crippen LogP contribution in [-0.2, 0) is 16.1 Å². The van der Waals surface area contributed by atoms with Crippen molar-refractivity contribution in [2.24, 2.45) is 5.92 Å². The third-order valence-electron chi connectivity index (χ3n) is 6.12. The lowest BCUT2D eigenvalue weighted by molar-refractivity contribution is -0.147. The Kier molecular flexibility index (Phi) is 11.5. The second-order valence-corrected chi connectivity index (χ2v) is 8.79. The van der Waals surface area contributed by atoms with E-state index in [0.717, 1.165) is 61.2 Å². The fourth-order valence-electron chi connectivity index (χ4n) is 4.34. The molecular formula is C27H38Cl2N2O2. The lowest BCUT2D eigenvalue weighted by Crippen LogP contribution is -2.45. The predicted octanol–water partition coefficient (Wildman–Crippen LogP) is 7.03. The van der Waals surface area contributed by atoms with Crippen molar-refractivity contribution >= 4 is 34.9 Å². The molecule has 0 amide bonds. The monoisotopic (exact) mass is 492 g/mol. The van der Waals surface area contributed by atoms with E-state index in [9.17, 15) is 4.79 Å². The molecule has 182 valence electrons. The average molecular weight is 494 g/mol. The number of rotatable bonds is 5. The lowest BCUT2D eigenvalue weighted by atomic mass is 9.90. The van der Waals surface area contributed by atoms with E-state index in [1.54, 1.807) is 0 Å². The summed E-state index contributed by atoms with van der Waals surface area (Å²) in [5.41, 5.74) is 3.60. The number of piperidine rings is 1. The Balaban J connectivity index is 0.000000914. The molecular weight excluding hydrogens is 455 g/mol. The molecule has 2 aromatic rings. The average Bonchev–Trinajstić information content (AvgIpc) is 2.83. The standard InChI is InChI=1S/C23H26Cl2N2O2.2C2H6/c1-29-23(28)17-9-11-26(12-10-17)13-16-5-7-19(8-6-16)27-14-18(15-27)22-20(24)3-2-4-21(22)25;2*1-2/h2-8,17-18H,9-15H2,1H3;2*1-2H3. The first kappa shape index (κ1) is 27.5. The third kappa shape index (κ3) is 7.11. The van der Waals surface area contributed by atoms with Gasteiger partial charge in [-0.2, -0.15) is 0 Å². The number of benzene rings is 2. The van der Waals surface area contributed by atoms with Crippen LogP contribution < -0.4 is 4.90 Å². The molecule has 4 rings (SSSR count). The van der Waals surface area contributed by atoms with Crippen LogP contribution >= 0.6 is 23.2 Å². The van der Waals surface area contributed by atoms with Crippen molar-refractivity contribution in [1.82, 2.24) is 4.90 Å². The van der Waals surface area contributed by atoms with Crippen molar-refractivity contribution in [2.45, 2.75) is 53.0 Å². The molecule has 0 unspecified atom stereocenters. The summed E-state index contributed by atoms with van der Waals surface area (Å²) in [6.45, 7) is 12.7. The summed E-state index contributed by atoms with van der Waals surface area (Å²) in [6.07, 6.45) is 1.76. The highest BCUT2D eigenvalue weighted by Gasteiger charge is 2.31. The summed E-state index contributed by atoms with van der Waals surface area (Å²) in [7, 11) is 1.47. The van der Waals surface area contributed by atoms with E-state index in [1.165, 1.54) is 18.4 Å². The van der Waals surface area contributed by atoms with Crippen molar-refractivity contribution in [3.63, 3.8) is 0 Å². The molecule has 2 fully saturated rings. The van der Waals surface area contributed by atoms with Gasteiger partial charge in [-0.3, -0.25) is 9.69 Å². The number of anilines is 1. The normalized spacial score (nSPS) is 16.6. The number of halogens is 2. The van der Waals surface area contributed by atoms with Crippen LogP contribution in [0.1, 0.15) is 57.6 Å². The van der Waals surface area contributed by atoms with Gasteiger partial charge >= 0.3 is 5.97 Å². The first-order valence-corrected chi connectivity index (χ1v) is 12.9. The zero-order chi connectivity index (χ0) is 24.4. The molecule has 33 heavy (non-hydrogen) atoms. The second kappa shape index (κ2) is 13.8. The maximum Gasteiger partial charge on any atom is 0.308 e. The number of methoxy groups -OCH3 is 1. The maximum atomic E-state index is 11.7. The van der Waals surface area contributed by atoms with Gasteiger partial charge in [-0.15, -0.1) is 0 Å². The minimum absolute atomic E-state index is 0.0598. The summed E-state index contributed by atoms with van der Waals surface area (Å²) in [5.74, 6) is 0.372. The summed E-state index contributed by atoms with van der Waals surface area (Å²) in [5, 5.41) is 1.52. The zero-order valence-corrected chi connectivity index (χ0v) is 22.1. The Bertz CT molecular complexity index is 839. The number of hydrogen-bond donors (Lipinski definition) is 0. The minimum atomic E-state index is -0.0695. The molecule has 4 nitrogen and oxygen atoms in total. The number of likely N-dealkylation sites (tertiary alicyclic amines) is 1. The van der Waals surface area contributed by atoms with Gasteiger partial charge < -0.3 is 9.64 Å². The molecule has 2 saturated heterocycles. The third-order valence-corrected chi connectivity index (χ3v) is 6.78. The molecule has 0 radical (unpaired) electrons. The summed E-state index contributed by atoms with van der Waals surface area (Å²) >= 11 is 12.7. The quantitative estimate of drug-likeness (QED) is 0.419. The van der Waals surface area contributed by atoms with Crippen molar-refractivity contribution in [3.8, 4) is 0 Å². The number of esters is 1. The highest BCUT2D eigenvalue weighted by Crippen LogP contribution is 2.38. The summed E-state index contributed by atoms with van der Waals surface area (Å²) < 4.78 is 4.87. The highest BCUT2D eigenvalue weighted by molar-refractivity contribution is 6.36. The van der Waals surface area contributed by atoms with E-state index in [-0.39, 0.29) is 11.9 Å². The molecule has 2 aromatic carbocycles. The van der Waals surface area contributed by atoms with Crippen LogP contribution in [-0.4, -0.2) is 44.2 Å². The van der Waals surface area contributed by atoms with Crippen molar-refractivity contribution < 1.29 is 9.53 Å². The van der Waals surface area contributed by atoms with Crippen LogP contribution in [0.4, 0.5) is 5.69 Å². The smallest absolute Gasteiger partial charge is 0.308 e. The van der Waals surface area contributed by atoms with E-state index < -0.39 is 0 Å². The molecule has 0 saturated carbocycles. The van der Waals surface area contributed by atoms with E-state index in [1.807, 2.05) is 45.9 Å². The molecule has 2 aliphatic rings. The van der Waals surface area contributed by atoms with E-state index in [2.05, 4.69) is 34.1 Å². The fraction of sp³-hybridized carbons (Fsp3) is 0.519. The Morgan fingerprint density at radius 3 is 2.00 bits per heavy atom. The number of carbonyl (C=O) groups is 1. The van der Waals surface area contributed by atoms with Gasteiger partial charge in [-0.1, -0.05) is 69.1 Å². The van der Waals surface area contributed by atoms with Gasteiger partial charge in [0.15, 0.2) is 0 Å². The van der Waals surface area contributed by atoms with Gasteiger partial charge in [0.2, 0.25) is 0 Å². The van der Waals surface area contributed by atoms with Crippen LogP contribution in [0.15, 0.2) is 42.5 Å². The molecule has 0 atom stereocenters. The molecule has 6 heteroatoms. The number of ether oxygens (including phenoxy) is 1. The van der Waals surface area contributed by atoms with E-state index in [4.69, 9.17) is 27.9 Å². The van der Waals surface area contributed by atoms with Crippen LogP contribution in [0.25, 0.3) is 0 Å². The largest absolute Gasteiger partial charge is 0.469 e. The van der Waals surface area contributed by atoms with Gasteiger partial charge in [0.25, 0.3) is 0 Å². The minimum Gasteiger partial charge on any atom is -0.469 e.